The van der Waals surface area contributed by atoms with Gasteiger partial charge in [-0.1, -0.05) is 38.0 Å². The lowest BCUT2D eigenvalue weighted by molar-refractivity contribution is -0.151. The molecule has 3 atom stereocenters. The lowest BCUT2D eigenvalue weighted by Gasteiger charge is -2.38. The number of carbonyl (C=O) groups is 3. The molecule has 7 nitrogen and oxygen atoms in total. The molecule has 0 amide bonds. The zero-order chi connectivity index (χ0) is 25.8. The number of benzene rings is 1. The van der Waals surface area contributed by atoms with Gasteiger partial charge in [0.2, 0.25) is 0 Å². The van der Waals surface area contributed by atoms with Crippen LogP contribution in [-0.2, 0) is 23.9 Å². The average molecular weight is 496 g/mol. The summed E-state index contributed by atoms with van der Waals surface area (Å²) < 4.78 is 17.0. The summed E-state index contributed by atoms with van der Waals surface area (Å²) in [5.41, 5.74) is 2.95. The summed E-state index contributed by atoms with van der Waals surface area (Å²) in [5.74, 6) is -2.53. The monoisotopic (exact) mass is 495 g/mol. The van der Waals surface area contributed by atoms with Gasteiger partial charge in [0.05, 0.1) is 25.2 Å². The van der Waals surface area contributed by atoms with E-state index in [0.29, 0.717) is 41.2 Å². The van der Waals surface area contributed by atoms with Gasteiger partial charge in [-0.3, -0.25) is 9.59 Å². The number of carbonyl (C=O) groups excluding carboxylic acids is 3. The second kappa shape index (κ2) is 11.3. The first-order valence-electron chi connectivity index (χ1n) is 13.1. The van der Waals surface area contributed by atoms with Crippen molar-refractivity contribution in [1.82, 2.24) is 5.32 Å². The fraction of sp³-hybridized carbons (Fsp3) is 0.552. The van der Waals surface area contributed by atoms with E-state index < -0.39 is 23.8 Å². The van der Waals surface area contributed by atoms with Gasteiger partial charge < -0.3 is 19.5 Å². The maximum absolute atomic E-state index is 13.9. The molecule has 3 aliphatic rings. The lowest BCUT2D eigenvalue weighted by atomic mass is 9.69. The maximum Gasteiger partial charge on any atom is 0.337 e. The van der Waals surface area contributed by atoms with Crippen molar-refractivity contribution in [2.24, 2.45) is 11.8 Å². The number of hydrogen-bond acceptors (Lipinski definition) is 7. The lowest BCUT2D eigenvalue weighted by Crippen LogP contribution is -2.43. The van der Waals surface area contributed by atoms with Crippen LogP contribution in [0.15, 0.2) is 46.8 Å². The SMILES string of the molecule is CCOc1ccccc1[C@@H]1C(C(=O)OC2CCCCCC2)=C(C)NC2=C1C(=O)[C@H](C(=O)OC)[C@@H](C)C2. The molecule has 1 fully saturated rings. The smallest absolute Gasteiger partial charge is 0.337 e. The van der Waals surface area contributed by atoms with Crippen molar-refractivity contribution in [3.05, 3.63) is 52.4 Å². The van der Waals surface area contributed by atoms with E-state index in [1.54, 1.807) is 0 Å². The third-order valence-electron chi connectivity index (χ3n) is 7.57. The van der Waals surface area contributed by atoms with Gasteiger partial charge in [-0.2, -0.15) is 0 Å². The van der Waals surface area contributed by atoms with Gasteiger partial charge in [-0.15, -0.1) is 0 Å². The van der Waals surface area contributed by atoms with Crippen LogP contribution in [0.5, 0.6) is 5.75 Å². The van der Waals surface area contributed by atoms with Crippen molar-refractivity contribution in [1.29, 1.82) is 0 Å². The number of rotatable bonds is 6. The summed E-state index contributed by atoms with van der Waals surface area (Å²) in [6.07, 6.45) is 6.44. The van der Waals surface area contributed by atoms with Crippen molar-refractivity contribution in [2.45, 2.75) is 77.7 Å². The maximum atomic E-state index is 13.9. The summed E-state index contributed by atoms with van der Waals surface area (Å²) in [5, 5.41) is 3.33. The number of ketones is 1. The van der Waals surface area contributed by atoms with Gasteiger partial charge in [0.25, 0.3) is 0 Å². The molecular weight excluding hydrogens is 458 g/mol. The summed E-state index contributed by atoms with van der Waals surface area (Å²) in [6.45, 7) is 6.06. The number of hydrogen-bond donors (Lipinski definition) is 1. The fourth-order valence-corrected chi connectivity index (χ4v) is 5.84. The predicted molar refractivity (Wildman–Crippen MR) is 135 cm³/mol. The molecule has 0 spiro atoms. The highest BCUT2D eigenvalue weighted by atomic mass is 16.5. The van der Waals surface area contributed by atoms with E-state index in [-0.39, 0.29) is 17.8 Å². The largest absolute Gasteiger partial charge is 0.494 e. The normalized spacial score (nSPS) is 25.0. The summed E-state index contributed by atoms with van der Waals surface area (Å²) in [6, 6.07) is 7.47. The number of para-hydroxylation sites is 1. The number of esters is 2. The Labute approximate surface area is 213 Å². The van der Waals surface area contributed by atoms with Crippen LogP contribution >= 0.6 is 0 Å². The molecule has 1 heterocycles. The molecule has 0 aromatic heterocycles. The molecular formula is C29H37NO6. The average Bonchev–Trinajstić information content (AvgIpc) is 3.12. The van der Waals surface area contributed by atoms with Crippen molar-refractivity contribution in [2.75, 3.05) is 13.7 Å². The minimum absolute atomic E-state index is 0.136. The molecule has 1 N–H and O–H groups in total. The molecule has 1 aliphatic heterocycles. The minimum atomic E-state index is -0.921. The topological polar surface area (TPSA) is 90.9 Å². The van der Waals surface area contributed by atoms with Crippen molar-refractivity contribution < 1.29 is 28.6 Å². The van der Waals surface area contributed by atoms with Crippen LogP contribution < -0.4 is 10.1 Å². The van der Waals surface area contributed by atoms with E-state index in [0.717, 1.165) is 44.2 Å². The van der Waals surface area contributed by atoms with E-state index in [9.17, 15) is 14.4 Å². The number of ether oxygens (including phenoxy) is 3. The molecule has 4 rings (SSSR count). The van der Waals surface area contributed by atoms with Gasteiger partial charge in [-0.25, -0.2) is 4.79 Å². The van der Waals surface area contributed by atoms with Gasteiger partial charge in [0, 0.05) is 22.5 Å². The van der Waals surface area contributed by atoms with E-state index in [2.05, 4.69) is 5.32 Å². The summed E-state index contributed by atoms with van der Waals surface area (Å²) in [4.78, 5) is 40.3. The summed E-state index contributed by atoms with van der Waals surface area (Å²) in [7, 11) is 1.30. The molecule has 0 saturated heterocycles. The van der Waals surface area contributed by atoms with Crippen LogP contribution in [0.25, 0.3) is 0 Å². The van der Waals surface area contributed by atoms with E-state index >= 15 is 0 Å². The van der Waals surface area contributed by atoms with Crippen LogP contribution in [-0.4, -0.2) is 37.5 Å². The first-order valence-corrected chi connectivity index (χ1v) is 13.1. The second-order valence-electron chi connectivity index (χ2n) is 10.0. The van der Waals surface area contributed by atoms with Gasteiger partial charge in [0.1, 0.15) is 17.8 Å². The van der Waals surface area contributed by atoms with Crippen molar-refractivity contribution in [3.8, 4) is 5.75 Å². The molecule has 194 valence electrons. The van der Waals surface area contributed by atoms with Crippen LogP contribution in [0, 0.1) is 11.8 Å². The Bertz CT molecular complexity index is 1080. The number of dihydropyridines is 1. The Hall–Kier alpha value is -3.09. The third-order valence-corrected chi connectivity index (χ3v) is 7.57. The zero-order valence-corrected chi connectivity index (χ0v) is 21.7. The fourth-order valence-electron chi connectivity index (χ4n) is 5.84. The highest BCUT2D eigenvalue weighted by Gasteiger charge is 2.48. The van der Waals surface area contributed by atoms with E-state index in [1.165, 1.54) is 7.11 Å². The predicted octanol–water partition coefficient (Wildman–Crippen LogP) is 4.96. The van der Waals surface area contributed by atoms with Crippen molar-refractivity contribution >= 4 is 17.7 Å². The Kier molecular flexibility index (Phi) is 8.17. The molecule has 1 aromatic carbocycles. The zero-order valence-electron chi connectivity index (χ0n) is 21.7. The summed E-state index contributed by atoms with van der Waals surface area (Å²) >= 11 is 0. The molecule has 2 aliphatic carbocycles. The second-order valence-corrected chi connectivity index (χ2v) is 10.0. The Balaban J connectivity index is 1.81. The minimum Gasteiger partial charge on any atom is -0.494 e. The first-order chi connectivity index (χ1) is 17.4. The Morgan fingerprint density at radius 1 is 1.08 bits per heavy atom. The number of methoxy groups -OCH3 is 1. The molecule has 0 bridgehead atoms. The third kappa shape index (κ3) is 5.06. The van der Waals surface area contributed by atoms with Gasteiger partial charge in [0.15, 0.2) is 5.78 Å². The van der Waals surface area contributed by atoms with Crippen LogP contribution in [0.2, 0.25) is 0 Å². The quantitative estimate of drug-likeness (QED) is 0.339. The molecule has 0 radical (unpaired) electrons. The van der Waals surface area contributed by atoms with E-state index in [4.69, 9.17) is 14.2 Å². The Morgan fingerprint density at radius 3 is 2.44 bits per heavy atom. The molecule has 0 unspecified atom stereocenters. The highest BCUT2D eigenvalue weighted by Crippen LogP contribution is 2.47. The molecule has 36 heavy (non-hydrogen) atoms. The van der Waals surface area contributed by atoms with Gasteiger partial charge >= 0.3 is 11.9 Å². The van der Waals surface area contributed by atoms with Gasteiger partial charge in [-0.05, 0) is 57.9 Å². The number of nitrogens with one attached hydrogen (secondary N) is 1. The number of Topliss-reactive ketones (excluding diaryl/α,β-unsaturated/α-hetero) is 1. The van der Waals surface area contributed by atoms with Crippen LogP contribution in [0.4, 0.5) is 0 Å². The standard InChI is InChI=1S/C29H37NO6/c1-5-35-22-15-11-10-14-20(22)25-24(29(33)36-19-12-8-6-7-9-13-19)18(3)30-21-16-17(2)23(28(32)34-4)27(31)26(21)25/h10-11,14-15,17,19,23,25,30H,5-9,12-13,16H2,1-4H3/t17-,23+,25+/m0/s1. The van der Waals surface area contributed by atoms with Crippen molar-refractivity contribution in [3.63, 3.8) is 0 Å². The first kappa shape index (κ1) is 26.0. The molecule has 1 aromatic rings. The highest BCUT2D eigenvalue weighted by molar-refractivity contribution is 6.12. The molecule has 1 saturated carbocycles. The number of allylic oxidation sites excluding steroid dienone is 3. The Morgan fingerprint density at radius 2 is 1.78 bits per heavy atom. The van der Waals surface area contributed by atoms with E-state index in [1.807, 2.05) is 45.0 Å². The van der Waals surface area contributed by atoms with Crippen LogP contribution in [0.1, 0.15) is 77.2 Å². The van der Waals surface area contributed by atoms with Crippen LogP contribution in [0.3, 0.4) is 0 Å². The molecule has 7 heteroatoms.